The maximum atomic E-state index is 12.7. The average molecular weight is 312 g/mol. The Kier molecular flexibility index (Phi) is 3.06. The van der Waals surface area contributed by atoms with Crippen LogP contribution in [-0.2, 0) is 6.54 Å². The second-order valence-corrected chi connectivity index (χ2v) is 6.31. The Morgan fingerprint density at radius 1 is 1.56 bits per heavy atom. The van der Waals surface area contributed by atoms with Crippen molar-refractivity contribution >= 4 is 21.7 Å². The quantitative estimate of drug-likeness (QED) is 0.871. The lowest BCUT2D eigenvalue weighted by atomic mass is 9.81. The van der Waals surface area contributed by atoms with E-state index >= 15 is 0 Å². The number of halogens is 1. The summed E-state index contributed by atoms with van der Waals surface area (Å²) in [5, 5.41) is 4.22. The van der Waals surface area contributed by atoms with Gasteiger partial charge in [-0.3, -0.25) is 9.48 Å². The monoisotopic (exact) mass is 311 g/mol. The van der Waals surface area contributed by atoms with Gasteiger partial charge in [-0.2, -0.15) is 5.10 Å². The molecule has 1 aromatic rings. The van der Waals surface area contributed by atoms with Crippen LogP contribution in [0.25, 0.3) is 0 Å². The van der Waals surface area contributed by atoms with Gasteiger partial charge < -0.3 is 5.73 Å². The first kappa shape index (κ1) is 12.4. The number of carbonyl (C=O) groups is 1. The van der Waals surface area contributed by atoms with Crippen molar-refractivity contribution in [2.24, 2.45) is 23.5 Å². The standard InChI is InChI=1S/C13H18BrN3O/c1-2-17-12(9(14)6-16-17)13(18)10-7-3-4-8(5-7)11(10)15/h6-8,10-11H,2-5,15H2,1H3. The van der Waals surface area contributed by atoms with Crippen LogP contribution in [0.4, 0.5) is 0 Å². The fourth-order valence-electron chi connectivity index (χ4n) is 3.73. The minimum Gasteiger partial charge on any atom is -0.327 e. The van der Waals surface area contributed by atoms with Crippen LogP contribution >= 0.6 is 15.9 Å². The van der Waals surface area contributed by atoms with E-state index in [4.69, 9.17) is 5.73 Å². The molecule has 2 aliphatic carbocycles. The lowest BCUT2D eigenvalue weighted by molar-refractivity contribution is 0.0844. The van der Waals surface area contributed by atoms with E-state index in [-0.39, 0.29) is 17.7 Å². The molecular formula is C13H18BrN3O. The Morgan fingerprint density at radius 3 is 2.89 bits per heavy atom. The highest BCUT2D eigenvalue weighted by Crippen LogP contribution is 2.48. The number of aromatic nitrogens is 2. The maximum absolute atomic E-state index is 12.7. The Morgan fingerprint density at radius 2 is 2.28 bits per heavy atom. The third kappa shape index (κ3) is 1.67. The lowest BCUT2D eigenvalue weighted by Gasteiger charge is -2.27. The molecule has 4 nitrogen and oxygen atoms in total. The minimum atomic E-state index is 0.00190. The summed E-state index contributed by atoms with van der Waals surface area (Å²) in [6.07, 6.45) is 5.20. The smallest absolute Gasteiger partial charge is 0.186 e. The maximum Gasteiger partial charge on any atom is 0.186 e. The van der Waals surface area contributed by atoms with Crippen molar-refractivity contribution in [3.63, 3.8) is 0 Å². The molecule has 4 atom stereocenters. The molecule has 0 radical (unpaired) electrons. The van der Waals surface area contributed by atoms with E-state index in [1.54, 1.807) is 10.9 Å². The van der Waals surface area contributed by atoms with Crippen molar-refractivity contribution in [2.45, 2.75) is 38.8 Å². The second kappa shape index (κ2) is 4.46. The molecule has 98 valence electrons. The molecule has 4 unspecified atom stereocenters. The number of ketones is 1. The Bertz CT molecular complexity index is 483. The molecule has 1 aromatic heterocycles. The zero-order valence-corrected chi connectivity index (χ0v) is 12.1. The van der Waals surface area contributed by atoms with Gasteiger partial charge in [-0.05, 0) is 54.0 Å². The van der Waals surface area contributed by atoms with Gasteiger partial charge in [0.15, 0.2) is 5.78 Å². The zero-order chi connectivity index (χ0) is 12.9. The topological polar surface area (TPSA) is 60.9 Å². The van der Waals surface area contributed by atoms with Crippen LogP contribution in [0.15, 0.2) is 10.7 Å². The molecule has 18 heavy (non-hydrogen) atoms. The third-order valence-corrected chi connectivity index (χ3v) is 5.19. The van der Waals surface area contributed by atoms with Gasteiger partial charge in [0.2, 0.25) is 0 Å². The molecule has 2 aliphatic rings. The summed E-state index contributed by atoms with van der Waals surface area (Å²) in [5.41, 5.74) is 6.95. The van der Waals surface area contributed by atoms with Crippen molar-refractivity contribution in [3.05, 3.63) is 16.4 Å². The van der Waals surface area contributed by atoms with E-state index in [2.05, 4.69) is 21.0 Å². The van der Waals surface area contributed by atoms with Gasteiger partial charge in [0.05, 0.1) is 10.7 Å². The first-order valence-electron chi connectivity index (χ1n) is 6.64. The second-order valence-electron chi connectivity index (χ2n) is 5.46. The Hall–Kier alpha value is -0.680. The molecule has 2 fully saturated rings. The summed E-state index contributed by atoms with van der Waals surface area (Å²) in [7, 11) is 0. The molecule has 0 spiro atoms. The number of Topliss-reactive ketones (excluding diaryl/α,β-unsaturated/α-hetero) is 1. The number of aryl methyl sites for hydroxylation is 1. The average Bonchev–Trinajstić information content (AvgIpc) is 3.02. The van der Waals surface area contributed by atoms with E-state index in [1.165, 1.54) is 6.42 Å². The Balaban J connectivity index is 1.93. The van der Waals surface area contributed by atoms with E-state index in [0.717, 1.165) is 17.3 Å². The normalized spacial score (nSPS) is 34.2. The van der Waals surface area contributed by atoms with Crippen molar-refractivity contribution in [2.75, 3.05) is 0 Å². The highest BCUT2D eigenvalue weighted by Gasteiger charge is 2.49. The molecule has 2 saturated carbocycles. The van der Waals surface area contributed by atoms with Crippen molar-refractivity contribution in [1.82, 2.24) is 9.78 Å². The molecule has 3 rings (SSSR count). The summed E-state index contributed by atoms with van der Waals surface area (Å²) in [5.74, 6) is 1.23. The van der Waals surface area contributed by atoms with Crippen molar-refractivity contribution < 1.29 is 4.79 Å². The van der Waals surface area contributed by atoms with Crippen molar-refractivity contribution in [3.8, 4) is 0 Å². The van der Waals surface area contributed by atoms with Crippen LogP contribution < -0.4 is 5.73 Å². The molecule has 2 N–H and O–H groups in total. The van der Waals surface area contributed by atoms with Crippen LogP contribution in [0.5, 0.6) is 0 Å². The number of carbonyl (C=O) groups excluding carboxylic acids is 1. The van der Waals surface area contributed by atoms with Gasteiger partial charge in [0.1, 0.15) is 5.69 Å². The predicted octanol–water partition coefficient (Wildman–Crippen LogP) is 2.22. The fraction of sp³-hybridized carbons (Fsp3) is 0.692. The number of hydrogen-bond donors (Lipinski definition) is 1. The van der Waals surface area contributed by atoms with E-state index in [0.29, 0.717) is 24.1 Å². The van der Waals surface area contributed by atoms with E-state index < -0.39 is 0 Å². The van der Waals surface area contributed by atoms with Crippen LogP contribution in [0.3, 0.4) is 0 Å². The third-order valence-electron chi connectivity index (χ3n) is 4.61. The largest absolute Gasteiger partial charge is 0.327 e. The van der Waals surface area contributed by atoms with Gasteiger partial charge in [-0.25, -0.2) is 0 Å². The first-order chi connectivity index (χ1) is 8.63. The fourth-order valence-corrected chi connectivity index (χ4v) is 4.22. The molecule has 0 aliphatic heterocycles. The van der Waals surface area contributed by atoms with Crippen molar-refractivity contribution in [1.29, 1.82) is 0 Å². The molecule has 1 heterocycles. The molecule has 0 amide bonds. The minimum absolute atomic E-state index is 0.00190. The molecule has 2 bridgehead atoms. The summed E-state index contributed by atoms with van der Waals surface area (Å²) < 4.78 is 2.56. The molecular weight excluding hydrogens is 294 g/mol. The van der Waals surface area contributed by atoms with Crippen LogP contribution in [0.1, 0.15) is 36.7 Å². The highest BCUT2D eigenvalue weighted by atomic mass is 79.9. The molecule has 5 heteroatoms. The van der Waals surface area contributed by atoms with Gasteiger partial charge in [-0.1, -0.05) is 0 Å². The molecule has 0 aromatic carbocycles. The van der Waals surface area contributed by atoms with Crippen LogP contribution in [-0.4, -0.2) is 21.6 Å². The summed E-state index contributed by atoms with van der Waals surface area (Å²) in [6, 6.07) is 0.0448. The van der Waals surface area contributed by atoms with Crippen LogP contribution in [0.2, 0.25) is 0 Å². The summed E-state index contributed by atoms with van der Waals surface area (Å²) in [4.78, 5) is 12.7. The number of nitrogens with two attached hydrogens (primary N) is 1. The van der Waals surface area contributed by atoms with Crippen LogP contribution in [0, 0.1) is 17.8 Å². The van der Waals surface area contributed by atoms with Gasteiger partial charge >= 0.3 is 0 Å². The SMILES string of the molecule is CCn1ncc(Br)c1C(=O)C1C2CCC(C2)C1N. The van der Waals surface area contributed by atoms with Gasteiger partial charge in [0, 0.05) is 18.5 Å². The summed E-state index contributed by atoms with van der Waals surface area (Å²) >= 11 is 3.43. The number of nitrogens with zero attached hydrogens (tertiary/aromatic N) is 2. The highest BCUT2D eigenvalue weighted by molar-refractivity contribution is 9.10. The van der Waals surface area contributed by atoms with Gasteiger partial charge in [0.25, 0.3) is 0 Å². The first-order valence-corrected chi connectivity index (χ1v) is 7.43. The number of hydrogen-bond acceptors (Lipinski definition) is 3. The molecule has 0 saturated heterocycles. The zero-order valence-electron chi connectivity index (χ0n) is 10.5. The summed E-state index contributed by atoms with van der Waals surface area (Å²) in [6.45, 7) is 2.71. The van der Waals surface area contributed by atoms with E-state index in [1.807, 2.05) is 6.92 Å². The lowest BCUT2D eigenvalue weighted by Crippen LogP contribution is -2.41. The predicted molar refractivity (Wildman–Crippen MR) is 72.2 cm³/mol. The number of rotatable bonds is 3. The van der Waals surface area contributed by atoms with E-state index in [9.17, 15) is 4.79 Å². The number of fused-ring (bicyclic) bond motifs is 2. The Labute approximate surface area is 115 Å². The van der Waals surface area contributed by atoms with Gasteiger partial charge in [-0.15, -0.1) is 0 Å².